The Kier molecular flexibility index (Phi) is 19.8. The monoisotopic (exact) mass is 897 g/mol. The van der Waals surface area contributed by atoms with Gasteiger partial charge in [0, 0.05) is 105 Å². The minimum Gasteiger partial charge on any atom is -0.483 e. The Hall–Kier alpha value is -6.93. The number of carbonyl (C=O) groups is 5. The molecule has 350 valence electrons. The van der Waals surface area contributed by atoms with E-state index in [1.807, 2.05) is 65.8 Å². The average molecular weight is 897 g/mol. The molecule has 0 saturated carbocycles. The maximum absolute atomic E-state index is 11.8. The molecule has 2 aliphatic rings. The minimum absolute atomic E-state index is 0.173. The first-order chi connectivity index (χ1) is 31.3. The van der Waals surface area contributed by atoms with Gasteiger partial charge in [0.25, 0.3) is 18.3 Å². The van der Waals surface area contributed by atoms with Gasteiger partial charge in [0.2, 0.25) is 0 Å². The van der Waals surface area contributed by atoms with Crippen molar-refractivity contribution in [1.29, 1.82) is 0 Å². The van der Waals surface area contributed by atoms with Crippen molar-refractivity contribution in [2.24, 2.45) is 0 Å². The number of aromatic nitrogens is 4. The van der Waals surface area contributed by atoms with Gasteiger partial charge in [-0.15, -0.1) is 0 Å². The average Bonchev–Trinajstić information content (AvgIpc) is 3.29. The number of hydrogen-bond acceptors (Lipinski definition) is 13. The van der Waals surface area contributed by atoms with Gasteiger partial charge in [-0.05, 0) is 100 Å². The van der Waals surface area contributed by atoms with E-state index in [4.69, 9.17) is 9.90 Å². The molecule has 4 aromatic rings. The summed E-state index contributed by atoms with van der Waals surface area (Å²) in [6.45, 7) is 21.3. The molecule has 65 heavy (non-hydrogen) atoms. The standard InChI is InChI=1S/2C22H31N7O2.CH2O2/c2*1-5-24-22(31)27-20-15(2)17(8-9-25-20)14-28-10-12-29(13-11-28)19-7-6-18(21(30)23-4)26-16(19)3;2-1-3/h2*6-9H,5,10-14H2,1-4H3,(H,23,30)(H2,24,25,27,31);1H,(H,2,3). The lowest BCUT2D eigenvalue weighted by Gasteiger charge is -2.36. The van der Waals surface area contributed by atoms with Crippen LogP contribution >= 0.6 is 0 Å². The topological polar surface area (TPSA) is 242 Å². The summed E-state index contributed by atoms with van der Waals surface area (Å²) in [4.78, 5) is 82.5. The molecule has 20 heteroatoms. The van der Waals surface area contributed by atoms with Crippen molar-refractivity contribution in [2.75, 3.05) is 100.0 Å². The Morgan fingerprint density at radius 2 is 0.954 bits per heavy atom. The van der Waals surface area contributed by atoms with E-state index >= 15 is 0 Å². The van der Waals surface area contributed by atoms with Gasteiger partial charge in [-0.2, -0.15) is 0 Å². The van der Waals surface area contributed by atoms with E-state index in [1.54, 1.807) is 38.6 Å². The summed E-state index contributed by atoms with van der Waals surface area (Å²) in [5.41, 5.74) is 9.02. The maximum Gasteiger partial charge on any atom is 0.320 e. The third-order valence-corrected chi connectivity index (χ3v) is 11.0. The molecule has 2 aliphatic heterocycles. The van der Waals surface area contributed by atoms with E-state index in [2.05, 4.69) is 71.4 Å². The molecule has 0 atom stereocenters. The fourth-order valence-electron chi connectivity index (χ4n) is 7.43. The quantitative estimate of drug-likeness (QED) is 0.101. The SMILES string of the molecule is CCNC(=O)Nc1nccc(CN2CCN(c3ccc(C(=O)NC)nc3C)CC2)c1C.CCNC(=O)Nc1nccc(CN2CCN(c3ccc(C(=O)NC)nc3C)CC2)c1C.O=CO. The van der Waals surface area contributed by atoms with Crippen LogP contribution in [-0.4, -0.2) is 145 Å². The largest absolute Gasteiger partial charge is 0.483 e. The summed E-state index contributed by atoms with van der Waals surface area (Å²) in [6.07, 6.45) is 3.48. The molecule has 20 nitrogen and oxygen atoms in total. The van der Waals surface area contributed by atoms with Crippen LogP contribution in [0.25, 0.3) is 0 Å². The summed E-state index contributed by atoms with van der Waals surface area (Å²) in [5.74, 6) is 0.849. The molecule has 0 bridgehead atoms. The molecule has 6 rings (SSSR count). The summed E-state index contributed by atoms with van der Waals surface area (Å²) in [7, 11) is 3.21. The first kappa shape index (κ1) is 50.7. The van der Waals surface area contributed by atoms with Crippen molar-refractivity contribution < 1.29 is 29.1 Å². The zero-order valence-electron chi connectivity index (χ0n) is 38.7. The lowest BCUT2D eigenvalue weighted by molar-refractivity contribution is -0.122. The van der Waals surface area contributed by atoms with Crippen LogP contribution in [0, 0.1) is 27.7 Å². The van der Waals surface area contributed by atoms with Crippen LogP contribution in [0.4, 0.5) is 32.6 Å². The molecule has 2 fully saturated rings. The number of carbonyl (C=O) groups excluding carboxylic acids is 4. The molecule has 6 heterocycles. The van der Waals surface area contributed by atoms with Crippen molar-refractivity contribution in [1.82, 2.24) is 51.0 Å². The van der Waals surface area contributed by atoms with E-state index in [0.717, 1.165) is 110 Å². The zero-order chi connectivity index (χ0) is 47.5. The number of carboxylic acid groups (broad SMARTS) is 1. The van der Waals surface area contributed by atoms with Crippen LogP contribution in [0.5, 0.6) is 0 Å². The van der Waals surface area contributed by atoms with Crippen molar-refractivity contribution in [3.8, 4) is 0 Å². The van der Waals surface area contributed by atoms with Crippen molar-refractivity contribution >= 4 is 53.4 Å². The van der Waals surface area contributed by atoms with E-state index in [9.17, 15) is 19.2 Å². The normalized spacial score (nSPS) is 13.8. The summed E-state index contributed by atoms with van der Waals surface area (Å²) in [6, 6.07) is 11.1. The number of pyridine rings is 4. The highest BCUT2D eigenvalue weighted by atomic mass is 16.3. The van der Waals surface area contributed by atoms with Crippen LogP contribution in [0.15, 0.2) is 48.8 Å². The molecule has 0 unspecified atom stereocenters. The Balaban J connectivity index is 0.000000268. The second-order valence-corrected chi connectivity index (χ2v) is 15.2. The molecule has 0 radical (unpaired) electrons. The van der Waals surface area contributed by atoms with E-state index in [1.165, 1.54) is 0 Å². The molecule has 7 N–H and O–H groups in total. The third kappa shape index (κ3) is 14.5. The Bertz CT molecular complexity index is 2090. The second kappa shape index (κ2) is 25.4. The maximum atomic E-state index is 11.8. The van der Waals surface area contributed by atoms with Gasteiger partial charge >= 0.3 is 12.1 Å². The van der Waals surface area contributed by atoms with E-state index < -0.39 is 0 Å². The third-order valence-electron chi connectivity index (χ3n) is 11.0. The first-order valence-corrected chi connectivity index (χ1v) is 21.7. The molecule has 0 aliphatic carbocycles. The van der Waals surface area contributed by atoms with Crippen LogP contribution < -0.4 is 41.7 Å². The number of nitrogens with zero attached hydrogens (tertiary/aromatic N) is 8. The minimum atomic E-state index is -0.250. The van der Waals surface area contributed by atoms with Gasteiger partial charge in [-0.1, -0.05) is 0 Å². The number of aryl methyl sites for hydroxylation is 2. The molecular formula is C45H64N14O6. The van der Waals surface area contributed by atoms with Gasteiger partial charge in [0.1, 0.15) is 23.0 Å². The van der Waals surface area contributed by atoms with Crippen molar-refractivity contribution in [3.63, 3.8) is 0 Å². The van der Waals surface area contributed by atoms with Crippen LogP contribution in [0.2, 0.25) is 0 Å². The molecular weight excluding hydrogens is 833 g/mol. The molecule has 2 saturated heterocycles. The highest BCUT2D eigenvalue weighted by Crippen LogP contribution is 2.25. The van der Waals surface area contributed by atoms with Crippen LogP contribution in [-0.2, 0) is 17.9 Å². The number of amides is 6. The van der Waals surface area contributed by atoms with Crippen LogP contribution in [0.3, 0.4) is 0 Å². The fraction of sp³-hybridized carbons (Fsp3) is 0.444. The van der Waals surface area contributed by atoms with Crippen molar-refractivity contribution in [2.45, 2.75) is 54.6 Å². The van der Waals surface area contributed by atoms with Gasteiger partial charge < -0.3 is 36.2 Å². The Labute approximate surface area is 381 Å². The number of anilines is 4. The van der Waals surface area contributed by atoms with Crippen LogP contribution in [0.1, 0.15) is 68.5 Å². The second-order valence-electron chi connectivity index (χ2n) is 15.2. The molecule has 6 amide bonds. The van der Waals surface area contributed by atoms with Gasteiger partial charge in [0.15, 0.2) is 0 Å². The Morgan fingerprint density at radius 3 is 1.26 bits per heavy atom. The summed E-state index contributed by atoms with van der Waals surface area (Å²) in [5, 5.41) is 23.2. The number of hydrogen-bond donors (Lipinski definition) is 7. The Morgan fingerprint density at radius 1 is 0.600 bits per heavy atom. The predicted octanol–water partition coefficient (Wildman–Crippen LogP) is 3.53. The number of piperazine rings is 2. The lowest BCUT2D eigenvalue weighted by atomic mass is 10.1. The van der Waals surface area contributed by atoms with Gasteiger partial charge in [0.05, 0.1) is 22.8 Å². The predicted molar refractivity (Wildman–Crippen MR) is 252 cm³/mol. The zero-order valence-corrected chi connectivity index (χ0v) is 38.7. The smallest absolute Gasteiger partial charge is 0.320 e. The van der Waals surface area contributed by atoms with E-state index in [0.29, 0.717) is 36.1 Å². The number of urea groups is 2. The highest BCUT2D eigenvalue weighted by molar-refractivity contribution is 5.93. The fourth-order valence-corrected chi connectivity index (χ4v) is 7.43. The lowest BCUT2D eigenvalue weighted by Crippen LogP contribution is -2.46. The summed E-state index contributed by atoms with van der Waals surface area (Å²) >= 11 is 0. The summed E-state index contributed by atoms with van der Waals surface area (Å²) < 4.78 is 0. The molecule has 0 aromatic carbocycles. The first-order valence-electron chi connectivity index (χ1n) is 21.7. The molecule has 4 aromatic heterocycles. The van der Waals surface area contributed by atoms with Gasteiger partial charge in [-0.3, -0.25) is 34.8 Å². The van der Waals surface area contributed by atoms with E-state index in [-0.39, 0.29) is 30.3 Å². The van der Waals surface area contributed by atoms with Crippen molar-refractivity contribution in [3.05, 3.63) is 93.8 Å². The highest BCUT2D eigenvalue weighted by Gasteiger charge is 2.23. The number of nitrogens with one attached hydrogen (secondary N) is 6. The number of rotatable bonds is 12. The molecule has 0 spiro atoms. The van der Waals surface area contributed by atoms with Gasteiger partial charge in [-0.25, -0.2) is 29.5 Å².